The van der Waals surface area contributed by atoms with Crippen LogP contribution in [0.1, 0.15) is 25.8 Å². The van der Waals surface area contributed by atoms with Crippen LogP contribution in [0, 0.1) is 18.7 Å². The molecule has 1 saturated heterocycles. The molecular weight excluding hydrogens is 229 g/mol. The standard InChI is InChI=1S/C15H22FNO/c1-11(2)6-7-17-9-14(10-17)18-15-5-4-13(16)8-12(15)3/h4-5,8,11,14H,6-7,9-10H2,1-3H3. The zero-order chi connectivity index (χ0) is 13.1. The van der Waals surface area contributed by atoms with Crippen LogP contribution in [0.25, 0.3) is 0 Å². The molecule has 0 N–H and O–H groups in total. The van der Waals surface area contributed by atoms with Crippen LogP contribution >= 0.6 is 0 Å². The quantitative estimate of drug-likeness (QED) is 0.796. The minimum Gasteiger partial charge on any atom is -0.487 e. The summed E-state index contributed by atoms with van der Waals surface area (Å²) in [5, 5.41) is 0. The van der Waals surface area contributed by atoms with Gasteiger partial charge in [0.2, 0.25) is 0 Å². The molecular formula is C15H22FNO. The van der Waals surface area contributed by atoms with E-state index in [1.807, 2.05) is 6.92 Å². The number of rotatable bonds is 5. The topological polar surface area (TPSA) is 12.5 Å². The van der Waals surface area contributed by atoms with Gasteiger partial charge < -0.3 is 4.74 Å². The highest BCUT2D eigenvalue weighted by Gasteiger charge is 2.28. The second-order valence-corrected chi connectivity index (χ2v) is 5.59. The molecule has 0 saturated carbocycles. The molecule has 0 amide bonds. The second kappa shape index (κ2) is 5.70. The highest BCUT2D eigenvalue weighted by molar-refractivity contribution is 5.33. The van der Waals surface area contributed by atoms with E-state index in [0.29, 0.717) is 0 Å². The van der Waals surface area contributed by atoms with E-state index in [9.17, 15) is 4.39 Å². The van der Waals surface area contributed by atoms with Gasteiger partial charge in [-0.25, -0.2) is 4.39 Å². The van der Waals surface area contributed by atoms with E-state index >= 15 is 0 Å². The molecule has 18 heavy (non-hydrogen) atoms. The molecule has 100 valence electrons. The molecule has 1 aliphatic heterocycles. The smallest absolute Gasteiger partial charge is 0.124 e. The number of hydrogen-bond acceptors (Lipinski definition) is 2. The summed E-state index contributed by atoms with van der Waals surface area (Å²) >= 11 is 0. The highest BCUT2D eigenvalue weighted by atomic mass is 19.1. The lowest BCUT2D eigenvalue weighted by atomic mass is 10.1. The third-order valence-electron chi connectivity index (χ3n) is 3.38. The lowest BCUT2D eigenvalue weighted by molar-refractivity contribution is 0.0170. The minimum absolute atomic E-state index is 0.202. The molecule has 1 aromatic carbocycles. The fourth-order valence-corrected chi connectivity index (χ4v) is 2.14. The van der Waals surface area contributed by atoms with E-state index in [0.717, 1.165) is 36.9 Å². The molecule has 0 radical (unpaired) electrons. The minimum atomic E-state index is -0.202. The van der Waals surface area contributed by atoms with Crippen LogP contribution in [0.3, 0.4) is 0 Å². The lowest BCUT2D eigenvalue weighted by Gasteiger charge is -2.39. The van der Waals surface area contributed by atoms with Gasteiger partial charge in [0, 0.05) is 13.1 Å². The van der Waals surface area contributed by atoms with Crippen LogP contribution < -0.4 is 4.74 Å². The number of nitrogens with zero attached hydrogens (tertiary/aromatic N) is 1. The van der Waals surface area contributed by atoms with Gasteiger partial charge in [0.05, 0.1) is 0 Å². The SMILES string of the molecule is Cc1cc(F)ccc1OC1CN(CCC(C)C)C1. The predicted molar refractivity (Wildman–Crippen MR) is 71.4 cm³/mol. The van der Waals surface area contributed by atoms with Crippen molar-refractivity contribution in [2.24, 2.45) is 5.92 Å². The van der Waals surface area contributed by atoms with Crippen molar-refractivity contribution in [3.8, 4) is 5.75 Å². The van der Waals surface area contributed by atoms with E-state index in [1.54, 1.807) is 6.07 Å². The molecule has 2 nitrogen and oxygen atoms in total. The van der Waals surface area contributed by atoms with Gasteiger partial charge in [-0.3, -0.25) is 4.90 Å². The van der Waals surface area contributed by atoms with E-state index < -0.39 is 0 Å². The number of aryl methyl sites for hydroxylation is 1. The van der Waals surface area contributed by atoms with Gasteiger partial charge in [0.1, 0.15) is 17.7 Å². The molecule has 0 aliphatic carbocycles. The van der Waals surface area contributed by atoms with Gasteiger partial charge in [-0.1, -0.05) is 13.8 Å². The monoisotopic (exact) mass is 251 g/mol. The second-order valence-electron chi connectivity index (χ2n) is 5.59. The Kier molecular flexibility index (Phi) is 4.23. The largest absolute Gasteiger partial charge is 0.487 e. The Hall–Kier alpha value is -1.09. The summed E-state index contributed by atoms with van der Waals surface area (Å²) in [6.45, 7) is 9.51. The Morgan fingerprint density at radius 2 is 2.11 bits per heavy atom. The van der Waals surface area contributed by atoms with Crippen LogP contribution in [0.15, 0.2) is 18.2 Å². The van der Waals surface area contributed by atoms with Gasteiger partial charge >= 0.3 is 0 Å². The van der Waals surface area contributed by atoms with E-state index in [1.165, 1.54) is 18.6 Å². The van der Waals surface area contributed by atoms with Gasteiger partial charge in [0.25, 0.3) is 0 Å². The number of hydrogen-bond donors (Lipinski definition) is 0. The molecule has 1 aliphatic rings. The third kappa shape index (κ3) is 3.45. The molecule has 1 aromatic rings. The summed E-state index contributed by atoms with van der Waals surface area (Å²) in [6, 6.07) is 4.70. The first-order valence-corrected chi connectivity index (χ1v) is 6.69. The van der Waals surface area contributed by atoms with Gasteiger partial charge in [0.15, 0.2) is 0 Å². The molecule has 0 spiro atoms. The maximum atomic E-state index is 13.0. The van der Waals surface area contributed by atoms with Crippen molar-refractivity contribution in [2.75, 3.05) is 19.6 Å². The van der Waals surface area contributed by atoms with Crippen LogP contribution in [0.5, 0.6) is 5.75 Å². The van der Waals surface area contributed by atoms with Crippen molar-refractivity contribution < 1.29 is 9.13 Å². The van der Waals surface area contributed by atoms with Crippen LogP contribution in [0.2, 0.25) is 0 Å². The molecule has 3 heteroatoms. The fraction of sp³-hybridized carbons (Fsp3) is 0.600. The maximum Gasteiger partial charge on any atom is 0.124 e. The van der Waals surface area contributed by atoms with E-state index in [2.05, 4.69) is 18.7 Å². The molecule has 2 rings (SSSR count). The van der Waals surface area contributed by atoms with E-state index in [4.69, 9.17) is 4.74 Å². The summed E-state index contributed by atoms with van der Waals surface area (Å²) in [6.07, 6.45) is 1.50. The molecule has 0 bridgehead atoms. The summed E-state index contributed by atoms with van der Waals surface area (Å²) in [5.74, 6) is 1.36. The van der Waals surface area contributed by atoms with Crippen molar-refractivity contribution in [3.05, 3.63) is 29.6 Å². The summed E-state index contributed by atoms with van der Waals surface area (Å²) in [5.41, 5.74) is 0.871. The van der Waals surface area contributed by atoms with Crippen molar-refractivity contribution >= 4 is 0 Å². The first-order chi connectivity index (χ1) is 8.54. The van der Waals surface area contributed by atoms with Crippen molar-refractivity contribution in [1.82, 2.24) is 4.90 Å². The summed E-state index contributed by atoms with van der Waals surface area (Å²) in [7, 11) is 0. The number of likely N-dealkylation sites (tertiary alicyclic amines) is 1. The van der Waals surface area contributed by atoms with Crippen LogP contribution in [-0.4, -0.2) is 30.6 Å². The Morgan fingerprint density at radius 3 is 2.72 bits per heavy atom. The first-order valence-electron chi connectivity index (χ1n) is 6.69. The van der Waals surface area contributed by atoms with Gasteiger partial charge in [-0.2, -0.15) is 0 Å². The highest BCUT2D eigenvalue weighted by Crippen LogP contribution is 2.23. The maximum absolute atomic E-state index is 13.0. The van der Waals surface area contributed by atoms with Gasteiger partial charge in [-0.05, 0) is 49.6 Å². The number of benzene rings is 1. The number of ether oxygens (including phenoxy) is 1. The van der Waals surface area contributed by atoms with Gasteiger partial charge in [-0.15, -0.1) is 0 Å². The molecule has 0 atom stereocenters. The average Bonchev–Trinajstić information content (AvgIpc) is 2.23. The zero-order valence-electron chi connectivity index (χ0n) is 11.4. The van der Waals surface area contributed by atoms with Crippen molar-refractivity contribution in [1.29, 1.82) is 0 Å². The van der Waals surface area contributed by atoms with Crippen molar-refractivity contribution in [2.45, 2.75) is 33.3 Å². The van der Waals surface area contributed by atoms with Crippen LogP contribution in [-0.2, 0) is 0 Å². The normalized spacial score (nSPS) is 16.9. The number of halogens is 1. The molecule has 0 unspecified atom stereocenters. The lowest BCUT2D eigenvalue weighted by Crippen LogP contribution is -2.54. The average molecular weight is 251 g/mol. The first kappa shape index (κ1) is 13.3. The molecule has 1 heterocycles. The Labute approximate surface area is 109 Å². The Morgan fingerprint density at radius 1 is 1.39 bits per heavy atom. The van der Waals surface area contributed by atoms with Crippen molar-refractivity contribution in [3.63, 3.8) is 0 Å². The Bertz CT molecular complexity index is 399. The zero-order valence-corrected chi connectivity index (χ0v) is 11.4. The van der Waals surface area contributed by atoms with Crippen LogP contribution in [0.4, 0.5) is 4.39 Å². The third-order valence-corrected chi connectivity index (χ3v) is 3.38. The molecule has 1 fully saturated rings. The Balaban J connectivity index is 1.76. The summed E-state index contributed by atoms with van der Waals surface area (Å²) < 4.78 is 18.8. The fourth-order valence-electron chi connectivity index (χ4n) is 2.14. The predicted octanol–water partition coefficient (Wildman–Crippen LogP) is 3.24. The van der Waals surface area contributed by atoms with E-state index in [-0.39, 0.29) is 11.9 Å². The summed E-state index contributed by atoms with van der Waals surface area (Å²) in [4.78, 5) is 2.41. The molecule has 0 aromatic heterocycles.